The van der Waals surface area contributed by atoms with E-state index in [0.717, 1.165) is 11.6 Å². The molecule has 0 unspecified atom stereocenters. The van der Waals surface area contributed by atoms with Gasteiger partial charge in [0.05, 0.1) is 11.1 Å². The minimum absolute atomic E-state index is 0.0596. The molecular weight excluding hydrogens is 280 g/mol. The molecule has 4 nitrogen and oxygen atoms in total. The summed E-state index contributed by atoms with van der Waals surface area (Å²) in [4.78, 5) is 15.3. The van der Waals surface area contributed by atoms with E-state index in [1.807, 2.05) is 0 Å². The Balaban J connectivity index is 2.29. The van der Waals surface area contributed by atoms with Crippen molar-refractivity contribution < 1.29 is 23.1 Å². The van der Waals surface area contributed by atoms with Crippen molar-refractivity contribution in [3.8, 4) is 11.5 Å². The molecule has 106 valence electrons. The maximum absolute atomic E-state index is 13.4. The highest BCUT2D eigenvalue weighted by Gasteiger charge is 2.20. The summed E-state index contributed by atoms with van der Waals surface area (Å²) >= 11 is 0. The average Bonchev–Trinajstić information content (AvgIpc) is 2.86. The average molecular weight is 289 g/mol. The largest absolute Gasteiger partial charge is 0.478 e. The molecule has 0 saturated carbocycles. The van der Waals surface area contributed by atoms with E-state index < -0.39 is 23.2 Å². The summed E-state index contributed by atoms with van der Waals surface area (Å²) in [5.74, 6) is -3.84. The molecule has 0 aliphatic heterocycles. The number of carboxylic acids is 1. The molecule has 6 heteroatoms. The van der Waals surface area contributed by atoms with Gasteiger partial charge in [0.2, 0.25) is 5.89 Å². The number of carbonyl (C=O) groups is 1. The van der Waals surface area contributed by atoms with E-state index in [-0.39, 0.29) is 11.5 Å². The third kappa shape index (κ3) is 2.14. The quantitative estimate of drug-likeness (QED) is 0.779. The first-order valence-corrected chi connectivity index (χ1v) is 6.06. The topological polar surface area (TPSA) is 63.3 Å². The van der Waals surface area contributed by atoms with Gasteiger partial charge in [0.15, 0.2) is 17.2 Å². The fraction of sp³-hybridized carbons (Fsp3) is 0.0667. The van der Waals surface area contributed by atoms with E-state index in [9.17, 15) is 13.6 Å². The fourth-order valence-electron chi connectivity index (χ4n) is 2.10. The van der Waals surface area contributed by atoms with E-state index in [1.165, 1.54) is 0 Å². The highest BCUT2D eigenvalue weighted by molar-refractivity contribution is 5.95. The zero-order valence-electron chi connectivity index (χ0n) is 10.9. The van der Waals surface area contributed by atoms with Gasteiger partial charge in [-0.15, -0.1) is 0 Å². The Labute approximate surface area is 117 Å². The van der Waals surface area contributed by atoms with E-state index in [0.29, 0.717) is 17.2 Å². The standard InChI is InChI=1S/C15H9F2NO3/c1-7-3-2-4-12-13(7)21-14(18-12)8-5-10(16)11(17)6-9(8)15(19)20/h2-6H,1H3,(H,19,20). The molecule has 21 heavy (non-hydrogen) atoms. The molecule has 1 aromatic heterocycles. The summed E-state index contributed by atoms with van der Waals surface area (Å²) in [6, 6.07) is 6.66. The van der Waals surface area contributed by atoms with Crippen molar-refractivity contribution in [1.82, 2.24) is 4.98 Å². The predicted molar refractivity (Wildman–Crippen MR) is 71.1 cm³/mol. The van der Waals surface area contributed by atoms with Gasteiger partial charge in [-0.1, -0.05) is 12.1 Å². The second-order valence-corrected chi connectivity index (χ2v) is 4.56. The molecule has 0 atom stereocenters. The van der Waals surface area contributed by atoms with Crippen LogP contribution >= 0.6 is 0 Å². The van der Waals surface area contributed by atoms with Gasteiger partial charge in [-0.3, -0.25) is 0 Å². The molecule has 0 fully saturated rings. The van der Waals surface area contributed by atoms with Crippen LogP contribution < -0.4 is 0 Å². The van der Waals surface area contributed by atoms with Gasteiger partial charge in [-0.05, 0) is 30.7 Å². The number of para-hydroxylation sites is 1. The molecule has 3 aromatic rings. The Morgan fingerprint density at radius 3 is 2.62 bits per heavy atom. The van der Waals surface area contributed by atoms with Crippen LogP contribution in [0.15, 0.2) is 34.7 Å². The monoisotopic (exact) mass is 289 g/mol. The Morgan fingerprint density at radius 1 is 1.24 bits per heavy atom. The van der Waals surface area contributed by atoms with Gasteiger partial charge in [-0.2, -0.15) is 0 Å². The third-order valence-corrected chi connectivity index (χ3v) is 3.13. The number of oxazole rings is 1. The highest BCUT2D eigenvalue weighted by Crippen LogP contribution is 2.30. The van der Waals surface area contributed by atoms with Crippen LogP contribution in [0.3, 0.4) is 0 Å². The first-order valence-electron chi connectivity index (χ1n) is 6.06. The second kappa shape index (κ2) is 4.66. The summed E-state index contributed by atoms with van der Waals surface area (Å²) in [5, 5.41) is 9.11. The Hall–Kier alpha value is -2.76. The van der Waals surface area contributed by atoms with Crippen LogP contribution in [0.25, 0.3) is 22.6 Å². The van der Waals surface area contributed by atoms with Gasteiger partial charge < -0.3 is 9.52 Å². The van der Waals surface area contributed by atoms with Crippen molar-refractivity contribution in [2.24, 2.45) is 0 Å². The minimum atomic E-state index is -1.39. The van der Waals surface area contributed by atoms with Crippen LogP contribution in [-0.2, 0) is 0 Å². The number of aromatic carboxylic acids is 1. The lowest BCUT2D eigenvalue weighted by Gasteiger charge is -2.03. The number of aryl methyl sites for hydroxylation is 1. The smallest absolute Gasteiger partial charge is 0.336 e. The van der Waals surface area contributed by atoms with Crippen molar-refractivity contribution in [3.05, 3.63) is 53.1 Å². The maximum atomic E-state index is 13.4. The van der Waals surface area contributed by atoms with Crippen molar-refractivity contribution in [1.29, 1.82) is 0 Å². The van der Waals surface area contributed by atoms with Crippen molar-refractivity contribution in [2.75, 3.05) is 0 Å². The normalized spacial score (nSPS) is 11.0. The number of hydrogen-bond acceptors (Lipinski definition) is 3. The molecule has 0 bridgehead atoms. The van der Waals surface area contributed by atoms with Crippen LogP contribution in [0.5, 0.6) is 0 Å². The molecule has 0 amide bonds. The lowest BCUT2D eigenvalue weighted by Crippen LogP contribution is -2.02. The van der Waals surface area contributed by atoms with Gasteiger partial charge in [0.1, 0.15) is 5.52 Å². The van der Waals surface area contributed by atoms with Crippen molar-refractivity contribution in [3.63, 3.8) is 0 Å². The van der Waals surface area contributed by atoms with E-state index in [4.69, 9.17) is 9.52 Å². The fourth-order valence-corrected chi connectivity index (χ4v) is 2.10. The highest BCUT2D eigenvalue weighted by atomic mass is 19.2. The van der Waals surface area contributed by atoms with Gasteiger partial charge >= 0.3 is 5.97 Å². The third-order valence-electron chi connectivity index (χ3n) is 3.13. The van der Waals surface area contributed by atoms with Crippen LogP contribution in [0, 0.1) is 18.6 Å². The number of benzene rings is 2. The molecule has 1 heterocycles. The molecule has 0 aliphatic rings. The van der Waals surface area contributed by atoms with E-state index >= 15 is 0 Å². The van der Waals surface area contributed by atoms with Gasteiger partial charge in [0, 0.05) is 0 Å². The predicted octanol–water partition coefficient (Wildman–Crippen LogP) is 3.78. The zero-order valence-corrected chi connectivity index (χ0v) is 10.9. The molecule has 3 rings (SSSR count). The van der Waals surface area contributed by atoms with E-state index in [2.05, 4.69) is 4.98 Å². The lowest BCUT2D eigenvalue weighted by atomic mass is 10.1. The molecule has 0 saturated heterocycles. The first kappa shape index (κ1) is 13.2. The Kier molecular flexibility index (Phi) is 2.94. The SMILES string of the molecule is Cc1cccc2nc(-c3cc(F)c(F)cc3C(=O)O)oc12. The number of hydrogen-bond donors (Lipinski definition) is 1. The summed E-state index contributed by atoms with van der Waals surface area (Å²) in [6.07, 6.45) is 0. The molecule has 0 radical (unpaired) electrons. The van der Waals surface area contributed by atoms with Crippen molar-refractivity contribution >= 4 is 17.1 Å². The molecular formula is C15H9F2NO3. The van der Waals surface area contributed by atoms with Crippen LogP contribution in [0.2, 0.25) is 0 Å². The molecule has 1 N–H and O–H groups in total. The van der Waals surface area contributed by atoms with Crippen LogP contribution in [0.4, 0.5) is 8.78 Å². The first-order chi connectivity index (χ1) is 9.97. The number of fused-ring (bicyclic) bond motifs is 1. The Bertz CT molecular complexity index is 871. The lowest BCUT2D eigenvalue weighted by molar-refractivity contribution is 0.0697. The summed E-state index contributed by atoms with van der Waals surface area (Å²) in [6.45, 7) is 1.81. The maximum Gasteiger partial charge on any atom is 0.336 e. The van der Waals surface area contributed by atoms with Crippen LogP contribution in [-0.4, -0.2) is 16.1 Å². The van der Waals surface area contributed by atoms with Gasteiger partial charge in [0.25, 0.3) is 0 Å². The van der Waals surface area contributed by atoms with Crippen LogP contribution in [0.1, 0.15) is 15.9 Å². The summed E-state index contributed by atoms with van der Waals surface area (Å²) < 4.78 is 32.1. The minimum Gasteiger partial charge on any atom is -0.478 e. The Morgan fingerprint density at radius 2 is 1.95 bits per heavy atom. The summed E-state index contributed by atoms with van der Waals surface area (Å²) in [5.41, 5.74) is 1.31. The zero-order chi connectivity index (χ0) is 15.1. The molecule has 2 aromatic carbocycles. The number of rotatable bonds is 2. The van der Waals surface area contributed by atoms with E-state index in [1.54, 1.807) is 25.1 Å². The second-order valence-electron chi connectivity index (χ2n) is 4.56. The molecule has 0 aliphatic carbocycles. The number of halogens is 2. The van der Waals surface area contributed by atoms with Crippen molar-refractivity contribution in [2.45, 2.75) is 6.92 Å². The summed E-state index contributed by atoms with van der Waals surface area (Å²) in [7, 11) is 0. The number of carboxylic acid groups (broad SMARTS) is 1. The molecule has 0 spiro atoms. The number of nitrogens with zero attached hydrogens (tertiary/aromatic N) is 1. The number of aromatic nitrogens is 1. The van der Waals surface area contributed by atoms with Gasteiger partial charge in [-0.25, -0.2) is 18.6 Å².